The molecule has 1 N–H and O–H groups in total. The van der Waals surface area contributed by atoms with Crippen LogP contribution in [0.4, 0.5) is 4.39 Å². The Morgan fingerprint density at radius 2 is 1.86 bits per heavy atom. The van der Waals surface area contributed by atoms with Gasteiger partial charge in [0.15, 0.2) is 0 Å². The lowest BCUT2D eigenvalue weighted by molar-refractivity contribution is -0.142. The first kappa shape index (κ1) is 10.7. The molecule has 0 saturated heterocycles. The van der Waals surface area contributed by atoms with Crippen LogP contribution in [0.1, 0.15) is 16.7 Å². The predicted octanol–water partition coefficient (Wildman–Crippen LogP) is 2.27. The fourth-order valence-electron chi connectivity index (χ4n) is 1.48. The van der Waals surface area contributed by atoms with Crippen molar-refractivity contribution in [3.8, 4) is 0 Å². The third-order valence-corrected chi connectivity index (χ3v) is 1.96. The molecule has 0 bridgehead atoms. The van der Waals surface area contributed by atoms with Gasteiger partial charge in [-0.2, -0.15) is 0 Å². The van der Waals surface area contributed by atoms with E-state index in [0.29, 0.717) is 0 Å². The van der Waals surface area contributed by atoms with Gasteiger partial charge in [-0.1, -0.05) is 29.3 Å². The lowest BCUT2D eigenvalue weighted by Crippen LogP contribution is -2.17. The molecular weight excluding hydrogens is 183 g/mol. The van der Waals surface area contributed by atoms with E-state index in [1.54, 1.807) is 0 Å². The zero-order chi connectivity index (χ0) is 10.7. The van der Waals surface area contributed by atoms with Crippen LogP contribution in [0.5, 0.6) is 0 Å². The largest absolute Gasteiger partial charge is 0.479 e. The number of aryl methyl sites for hydroxylation is 2. The molecule has 76 valence electrons. The summed E-state index contributed by atoms with van der Waals surface area (Å²) in [5, 5.41) is 8.41. The Bertz CT molecular complexity index is 327. The Kier molecular flexibility index (Phi) is 3.23. The number of rotatable bonds is 3. The average molecular weight is 196 g/mol. The highest BCUT2D eigenvalue weighted by Crippen LogP contribution is 2.12. The Morgan fingerprint density at radius 3 is 2.29 bits per heavy atom. The minimum absolute atomic E-state index is 0.0577. The summed E-state index contributed by atoms with van der Waals surface area (Å²) >= 11 is 0. The highest BCUT2D eigenvalue weighted by Gasteiger charge is 2.16. The van der Waals surface area contributed by atoms with Gasteiger partial charge in [-0.15, -0.1) is 0 Å². The van der Waals surface area contributed by atoms with Gasteiger partial charge in [0.1, 0.15) is 0 Å². The summed E-state index contributed by atoms with van der Waals surface area (Å²) in [4.78, 5) is 10.3. The van der Waals surface area contributed by atoms with E-state index in [0.717, 1.165) is 16.7 Å². The molecule has 1 rings (SSSR count). The van der Waals surface area contributed by atoms with Crippen molar-refractivity contribution in [3.05, 3.63) is 34.9 Å². The number of aliphatic carboxylic acids is 1. The van der Waals surface area contributed by atoms with Crippen LogP contribution >= 0.6 is 0 Å². The molecule has 0 amide bonds. The van der Waals surface area contributed by atoms with E-state index in [2.05, 4.69) is 0 Å². The van der Waals surface area contributed by atoms with Gasteiger partial charge in [-0.05, 0) is 19.4 Å². The van der Waals surface area contributed by atoms with Crippen LogP contribution in [0, 0.1) is 13.8 Å². The van der Waals surface area contributed by atoms with Gasteiger partial charge in [0, 0.05) is 6.42 Å². The van der Waals surface area contributed by atoms with Crippen molar-refractivity contribution in [2.75, 3.05) is 0 Å². The van der Waals surface area contributed by atoms with E-state index in [9.17, 15) is 9.18 Å². The summed E-state index contributed by atoms with van der Waals surface area (Å²) in [6, 6.07) is 5.59. The number of halogens is 1. The number of carbonyl (C=O) groups is 1. The SMILES string of the molecule is Cc1cc(C)cc(CC(F)C(=O)O)c1. The minimum atomic E-state index is -1.81. The van der Waals surface area contributed by atoms with Crippen LogP contribution in [-0.2, 0) is 11.2 Å². The smallest absolute Gasteiger partial charge is 0.338 e. The standard InChI is InChI=1S/C11H13FO2/c1-7-3-8(2)5-9(4-7)6-10(12)11(13)14/h3-5,10H,6H2,1-2H3,(H,13,14). The van der Waals surface area contributed by atoms with E-state index in [4.69, 9.17) is 5.11 Å². The highest BCUT2D eigenvalue weighted by molar-refractivity contribution is 5.72. The molecule has 0 aliphatic rings. The lowest BCUT2D eigenvalue weighted by atomic mass is 10.0. The van der Waals surface area contributed by atoms with Gasteiger partial charge in [-0.3, -0.25) is 0 Å². The average Bonchev–Trinajstić information content (AvgIpc) is 2.01. The van der Waals surface area contributed by atoms with Crippen LogP contribution in [0.15, 0.2) is 18.2 Å². The van der Waals surface area contributed by atoms with Crippen molar-refractivity contribution >= 4 is 5.97 Å². The van der Waals surface area contributed by atoms with Gasteiger partial charge < -0.3 is 5.11 Å². The molecule has 1 unspecified atom stereocenters. The van der Waals surface area contributed by atoms with E-state index >= 15 is 0 Å². The summed E-state index contributed by atoms with van der Waals surface area (Å²) in [5.41, 5.74) is 2.78. The molecule has 0 fully saturated rings. The van der Waals surface area contributed by atoms with Gasteiger partial charge in [0.05, 0.1) is 0 Å². The van der Waals surface area contributed by atoms with E-state index in [1.807, 2.05) is 32.0 Å². The zero-order valence-corrected chi connectivity index (χ0v) is 8.25. The fraction of sp³-hybridized carbons (Fsp3) is 0.364. The maximum Gasteiger partial charge on any atom is 0.338 e. The molecule has 0 saturated carbocycles. The Balaban J connectivity index is 2.81. The van der Waals surface area contributed by atoms with Crippen LogP contribution in [-0.4, -0.2) is 17.2 Å². The van der Waals surface area contributed by atoms with Crippen molar-refractivity contribution in [1.29, 1.82) is 0 Å². The maximum atomic E-state index is 12.9. The fourth-order valence-corrected chi connectivity index (χ4v) is 1.48. The summed E-state index contributed by atoms with van der Waals surface area (Å²) in [6.45, 7) is 3.81. The Morgan fingerprint density at radius 1 is 1.36 bits per heavy atom. The Labute approximate surface area is 82.4 Å². The number of carboxylic acids is 1. The normalized spacial score (nSPS) is 12.5. The van der Waals surface area contributed by atoms with E-state index < -0.39 is 12.1 Å². The first-order valence-corrected chi connectivity index (χ1v) is 4.43. The maximum absolute atomic E-state index is 12.9. The van der Waals surface area contributed by atoms with Crippen molar-refractivity contribution in [3.63, 3.8) is 0 Å². The van der Waals surface area contributed by atoms with Crippen LogP contribution in [0.3, 0.4) is 0 Å². The van der Waals surface area contributed by atoms with Gasteiger partial charge in [0.2, 0.25) is 6.17 Å². The topological polar surface area (TPSA) is 37.3 Å². The molecular formula is C11H13FO2. The summed E-state index contributed by atoms with van der Waals surface area (Å²) in [6.07, 6.45) is -1.87. The second-order valence-corrected chi connectivity index (χ2v) is 3.51. The van der Waals surface area contributed by atoms with E-state index in [-0.39, 0.29) is 6.42 Å². The lowest BCUT2D eigenvalue weighted by Gasteiger charge is -2.05. The van der Waals surface area contributed by atoms with E-state index in [1.165, 1.54) is 0 Å². The van der Waals surface area contributed by atoms with Gasteiger partial charge >= 0.3 is 5.97 Å². The number of benzene rings is 1. The molecule has 0 aliphatic carbocycles. The van der Waals surface area contributed by atoms with Crippen molar-refractivity contribution < 1.29 is 14.3 Å². The summed E-state index contributed by atoms with van der Waals surface area (Å²) < 4.78 is 12.9. The molecule has 3 heteroatoms. The second kappa shape index (κ2) is 4.22. The van der Waals surface area contributed by atoms with Crippen molar-refractivity contribution in [1.82, 2.24) is 0 Å². The zero-order valence-electron chi connectivity index (χ0n) is 8.25. The van der Waals surface area contributed by atoms with Crippen LogP contribution < -0.4 is 0 Å². The number of carboxylic acid groups (broad SMARTS) is 1. The number of alkyl halides is 1. The second-order valence-electron chi connectivity index (χ2n) is 3.51. The molecule has 1 atom stereocenters. The third kappa shape index (κ3) is 2.83. The Hall–Kier alpha value is -1.38. The molecule has 1 aromatic carbocycles. The van der Waals surface area contributed by atoms with Crippen LogP contribution in [0.2, 0.25) is 0 Å². The number of hydrogen-bond acceptors (Lipinski definition) is 1. The van der Waals surface area contributed by atoms with Crippen molar-refractivity contribution in [2.24, 2.45) is 0 Å². The molecule has 0 radical (unpaired) electrons. The molecule has 0 aliphatic heterocycles. The highest BCUT2D eigenvalue weighted by atomic mass is 19.1. The van der Waals surface area contributed by atoms with Crippen LogP contribution in [0.25, 0.3) is 0 Å². The third-order valence-electron chi connectivity index (χ3n) is 1.96. The predicted molar refractivity (Wildman–Crippen MR) is 52.2 cm³/mol. The number of hydrogen-bond donors (Lipinski definition) is 1. The quantitative estimate of drug-likeness (QED) is 0.805. The summed E-state index contributed by atoms with van der Waals surface area (Å²) in [5.74, 6) is -1.40. The molecule has 2 nitrogen and oxygen atoms in total. The first-order valence-electron chi connectivity index (χ1n) is 4.43. The molecule has 0 heterocycles. The molecule has 0 aromatic heterocycles. The summed E-state index contributed by atoms with van der Waals surface area (Å²) in [7, 11) is 0. The monoisotopic (exact) mass is 196 g/mol. The molecule has 14 heavy (non-hydrogen) atoms. The molecule has 1 aromatic rings. The van der Waals surface area contributed by atoms with Crippen molar-refractivity contribution in [2.45, 2.75) is 26.4 Å². The van der Waals surface area contributed by atoms with Gasteiger partial charge in [-0.25, -0.2) is 9.18 Å². The minimum Gasteiger partial charge on any atom is -0.479 e. The molecule has 0 spiro atoms. The first-order chi connectivity index (χ1) is 6.49. The van der Waals surface area contributed by atoms with Gasteiger partial charge in [0.25, 0.3) is 0 Å².